The van der Waals surface area contributed by atoms with Crippen LogP contribution in [0, 0.1) is 0 Å². The SMILES string of the molecule is COCc1nc(-c2ccc(S(N)(=O)=O)cc2)cs1. The number of sulfonamides is 1. The van der Waals surface area contributed by atoms with Crippen LogP contribution >= 0.6 is 11.3 Å². The minimum Gasteiger partial charge on any atom is -0.378 e. The van der Waals surface area contributed by atoms with Crippen LogP contribution < -0.4 is 5.14 Å². The van der Waals surface area contributed by atoms with Gasteiger partial charge in [0.15, 0.2) is 0 Å². The zero-order valence-electron chi connectivity index (χ0n) is 9.66. The topological polar surface area (TPSA) is 82.3 Å². The third-order valence-electron chi connectivity index (χ3n) is 2.30. The van der Waals surface area contributed by atoms with Gasteiger partial charge < -0.3 is 4.74 Å². The van der Waals surface area contributed by atoms with E-state index in [1.165, 1.54) is 23.5 Å². The van der Waals surface area contributed by atoms with Crippen molar-refractivity contribution in [3.8, 4) is 11.3 Å². The van der Waals surface area contributed by atoms with Gasteiger partial charge in [0, 0.05) is 18.1 Å². The second kappa shape index (κ2) is 5.15. The summed E-state index contributed by atoms with van der Waals surface area (Å²) in [5.41, 5.74) is 1.65. The Morgan fingerprint density at radius 2 is 2.00 bits per heavy atom. The predicted octanol–water partition coefficient (Wildman–Crippen LogP) is 1.60. The maximum atomic E-state index is 11.1. The average molecular weight is 284 g/mol. The van der Waals surface area contributed by atoms with Crippen LogP contribution in [0.3, 0.4) is 0 Å². The van der Waals surface area contributed by atoms with E-state index in [4.69, 9.17) is 9.88 Å². The number of primary sulfonamides is 1. The van der Waals surface area contributed by atoms with Crippen LogP contribution in [0.5, 0.6) is 0 Å². The highest BCUT2D eigenvalue weighted by atomic mass is 32.2. The Morgan fingerprint density at radius 3 is 2.56 bits per heavy atom. The first-order chi connectivity index (χ1) is 8.50. The second-order valence-corrected chi connectivity index (χ2v) is 6.13. The van der Waals surface area contributed by atoms with Crippen molar-refractivity contribution < 1.29 is 13.2 Å². The van der Waals surface area contributed by atoms with Crippen LogP contribution in [0.25, 0.3) is 11.3 Å². The zero-order chi connectivity index (χ0) is 13.2. The minimum atomic E-state index is -3.64. The van der Waals surface area contributed by atoms with E-state index in [9.17, 15) is 8.42 Å². The molecule has 18 heavy (non-hydrogen) atoms. The van der Waals surface area contributed by atoms with E-state index >= 15 is 0 Å². The van der Waals surface area contributed by atoms with Gasteiger partial charge in [-0.05, 0) is 12.1 Å². The van der Waals surface area contributed by atoms with Crippen LogP contribution in [0.2, 0.25) is 0 Å². The first-order valence-corrected chi connectivity index (χ1v) is 7.50. The fourth-order valence-corrected chi connectivity index (χ4v) is 2.74. The van der Waals surface area contributed by atoms with Crippen LogP contribution in [0.1, 0.15) is 5.01 Å². The van der Waals surface area contributed by atoms with Crippen molar-refractivity contribution in [2.45, 2.75) is 11.5 Å². The number of hydrogen-bond donors (Lipinski definition) is 1. The Balaban J connectivity index is 2.28. The number of nitrogens with two attached hydrogens (primary N) is 1. The molecule has 7 heteroatoms. The van der Waals surface area contributed by atoms with E-state index in [0.717, 1.165) is 16.3 Å². The Labute approximate surface area is 109 Å². The van der Waals surface area contributed by atoms with Crippen molar-refractivity contribution in [2.75, 3.05) is 7.11 Å². The van der Waals surface area contributed by atoms with Crippen molar-refractivity contribution in [3.05, 3.63) is 34.7 Å². The molecule has 0 aliphatic carbocycles. The summed E-state index contributed by atoms with van der Waals surface area (Å²) in [4.78, 5) is 4.47. The molecule has 0 bridgehead atoms. The lowest BCUT2D eigenvalue weighted by molar-refractivity contribution is 0.184. The number of methoxy groups -OCH3 is 1. The standard InChI is InChI=1S/C11H12N2O3S2/c1-16-6-11-13-10(7-17-11)8-2-4-9(5-3-8)18(12,14)15/h2-5,7H,6H2,1H3,(H2,12,14,15). The molecule has 0 unspecified atom stereocenters. The number of aromatic nitrogens is 1. The summed E-state index contributed by atoms with van der Waals surface area (Å²) >= 11 is 1.50. The summed E-state index contributed by atoms with van der Waals surface area (Å²) in [6, 6.07) is 6.32. The van der Waals surface area contributed by atoms with E-state index in [1.54, 1.807) is 19.2 Å². The fraction of sp³-hybridized carbons (Fsp3) is 0.182. The van der Waals surface area contributed by atoms with Gasteiger partial charge in [-0.1, -0.05) is 12.1 Å². The number of nitrogens with zero attached hydrogens (tertiary/aromatic N) is 1. The number of hydrogen-bond acceptors (Lipinski definition) is 5. The molecule has 2 rings (SSSR count). The molecule has 0 fully saturated rings. The number of ether oxygens (including phenoxy) is 1. The molecule has 0 aliphatic rings. The van der Waals surface area contributed by atoms with Crippen molar-refractivity contribution in [2.24, 2.45) is 5.14 Å². The molecule has 2 N–H and O–H groups in total. The lowest BCUT2D eigenvalue weighted by atomic mass is 10.2. The molecule has 0 spiro atoms. The predicted molar refractivity (Wildman–Crippen MR) is 69.6 cm³/mol. The summed E-state index contributed by atoms with van der Waals surface area (Å²) in [7, 11) is -2.03. The summed E-state index contributed by atoms with van der Waals surface area (Å²) in [6.45, 7) is 0.472. The molecule has 5 nitrogen and oxygen atoms in total. The molecule has 0 amide bonds. The highest BCUT2D eigenvalue weighted by molar-refractivity contribution is 7.89. The van der Waals surface area contributed by atoms with Gasteiger partial charge in [0.2, 0.25) is 10.0 Å². The fourth-order valence-electron chi connectivity index (χ4n) is 1.45. The summed E-state index contributed by atoms with van der Waals surface area (Å²) < 4.78 is 27.2. The monoisotopic (exact) mass is 284 g/mol. The van der Waals surface area contributed by atoms with Crippen LogP contribution in [0.15, 0.2) is 34.5 Å². The number of benzene rings is 1. The maximum absolute atomic E-state index is 11.1. The molecule has 1 aromatic heterocycles. The normalized spacial score (nSPS) is 11.7. The van der Waals surface area contributed by atoms with Gasteiger partial charge >= 0.3 is 0 Å². The van der Waals surface area contributed by atoms with Crippen molar-refractivity contribution in [3.63, 3.8) is 0 Å². The first-order valence-electron chi connectivity index (χ1n) is 5.07. The molecule has 1 heterocycles. The van der Waals surface area contributed by atoms with Gasteiger partial charge in [-0.15, -0.1) is 11.3 Å². The number of thiazole rings is 1. The maximum Gasteiger partial charge on any atom is 0.238 e. The highest BCUT2D eigenvalue weighted by Gasteiger charge is 2.09. The lowest BCUT2D eigenvalue weighted by Gasteiger charge is -2.00. The Bertz CT molecular complexity index is 633. The number of rotatable bonds is 4. The zero-order valence-corrected chi connectivity index (χ0v) is 11.3. The van der Waals surface area contributed by atoms with Gasteiger partial charge in [0.05, 0.1) is 17.2 Å². The Morgan fingerprint density at radius 1 is 1.33 bits per heavy atom. The molecule has 0 atom stereocenters. The Hall–Kier alpha value is -1.28. The molecular formula is C11H12N2O3S2. The molecule has 0 aliphatic heterocycles. The third-order valence-corrected chi connectivity index (χ3v) is 4.05. The van der Waals surface area contributed by atoms with Gasteiger partial charge in [-0.3, -0.25) is 0 Å². The molecule has 0 saturated heterocycles. The second-order valence-electron chi connectivity index (χ2n) is 3.63. The molecule has 2 aromatic rings. The van der Waals surface area contributed by atoms with E-state index in [2.05, 4.69) is 4.98 Å². The third kappa shape index (κ3) is 2.94. The molecular weight excluding hydrogens is 272 g/mol. The van der Waals surface area contributed by atoms with Crippen molar-refractivity contribution in [1.82, 2.24) is 4.98 Å². The molecule has 96 valence electrons. The van der Waals surface area contributed by atoms with E-state index in [1.807, 2.05) is 5.38 Å². The largest absolute Gasteiger partial charge is 0.378 e. The first kappa shape index (κ1) is 13.2. The smallest absolute Gasteiger partial charge is 0.238 e. The van der Waals surface area contributed by atoms with Crippen molar-refractivity contribution in [1.29, 1.82) is 0 Å². The average Bonchev–Trinajstić information content (AvgIpc) is 2.77. The van der Waals surface area contributed by atoms with Gasteiger partial charge in [0.25, 0.3) is 0 Å². The van der Waals surface area contributed by atoms with Crippen LogP contribution in [-0.2, 0) is 21.4 Å². The molecule has 1 aromatic carbocycles. The minimum absolute atomic E-state index is 0.0959. The van der Waals surface area contributed by atoms with Crippen LogP contribution in [0.4, 0.5) is 0 Å². The van der Waals surface area contributed by atoms with E-state index in [0.29, 0.717) is 6.61 Å². The van der Waals surface area contributed by atoms with E-state index < -0.39 is 10.0 Å². The van der Waals surface area contributed by atoms with E-state index in [-0.39, 0.29) is 4.90 Å². The van der Waals surface area contributed by atoms with Gasteiger partial charge in [-0.25, -0.2) is 18.5 Å². The summed E-state index contributed by atoms with van der Waals surface area (Å²) in [6.07, 6.45) is 0. The molecule has 0 saturated carbocycles. The summed E-state index contributed by atoms with van der Waals surface area (Å²) in [5, 5.41) is 7.81. The lowest BCUT2D eigenvalue weighted by Crippen LogP contribution is -2.11. The van der Waals surface area contributed by atoms with Crippen molar-refractivity contribution >= 4 is 21.4 Å². The van der Waals surface area contributed by atoms with Crippen LogP contribution in [-0.4, -0.2) is 20.5 Å². The Kier molecular flexibility index (Phi) is 3.76. The quantitative estimate of drug-likeness (QED) is 0.924. The summed E-state index contributed by atoms with van der Waals surface area (Å²) in [5.74, 6) is 0. The van der Waals surface area contributed by atoms with Gasteiger partial charge in [-0.2, -0.15) is 0 Å². The highest BCUT2D eigenvalue weighted by Crippen LogP contribution is 2.23. The van der Waals surface area contributed by atoms with Gasteiger partial charge in [0.1, 0.15) is 5.01 Å². The molecule has 0 radical (unpaired) electrons.